The summed E-state index contributed by atoms with van der Waals surface area (Å²) in [5.41, 5.74) is -1.30. The third-order valence-electron chi connectivity index (χ3n) is 4.49. The fraction of sp³-hybridized carbons (Fsp3) is 0.643. The number of carbonyl (C=O) groups is 1. The number of hydrogen-bond donors (Lipinski definition) is 3. The van der Waals surface area contributed by atoms with Crippen LogP contribution in [0, 0.1) is 18.3 Å². The van der Waals surface area contributed by atoms with Crippen LogP contribution in [0.5, 0.6) is 0 Å². The number of hydrogen-bond acceptors (Lipinski definition) is 5. The number of rotatable bonds is 3. The lowest BCUT2D eigenvalue weighted by Gasteiger charge is -2.25. The number of carbonyl (C=O) groups excluding carboxylic acids is 1. The molecule has 0 aromatic carbocycles. The molecule has 3 heterocycles. The lowest BCUT2D eigenvalue weighted by Crippen LogP contribution is -2.47. The van der Waals surface area contributed by atoms with Crippen molar-refractivity contribution in [3.63, 3.8) is 0 Å². The Morgan fingerprint density at radius 1 is 1.35 bits per heavy atom. The Balaban J connectivity index is 1.71. The minimum absolute atomic E-state index is 0.0319. The molecule has 0 saturated carbocycles. The van der Waals surface area contributed by atoms with Gasteiger partial charge in [0.25, 0.3) is 0 Å². The van der Waals surface area contributed by atoms with Crippen LogP contribution in [0.15, 0.2) is 6.07 Å². The number of nitrogens with one attached hydrogen (secondary N) is 3. The fourth-order valence-corrected chi connectivity index (χ4v) is 3.29. The molecule has 2 saturated heterocycles. The number of alkyl halides is 3. The summed E-state index contributed by atoms with van der Waals surface area (Å²) in [5, 5.41) is 9.10. The predicted octanol–water partition coefficient (Wildman–Crippen LogP) is 0.229. The Morgan fingerprint density at radius 3 is 2.61 bits per heavy atom. The Kier molecular flexibility index (Phi) is 4.01. The van der Waals surface area contributed by atoms with Crippen LogP contribution in [0.25, 0.3) is 0 Å². The molecule has 0 aliphatic carbocycles. The van der Waals surface area contributed by atoms with Crippen LogP contribution < -0.4 is 16.0 Å². The highest BCUT2D eigenvalue weighted by Crippen LogP contribution is 2.35. The Hall–Kier alpha value is -1.74. The number of aryl methyl sites for hydroxylation is 1. The molecule has 9 heteroatoms. The van der Waals surface area contributed by atoms with Crippen molar-refractivity contribution in [1.82, 2.24) is 25.9 Å². The van der Waals surface area contributed by atoms with Crippen LogP contribution in [-0.4, -0.2) is 42.1 Å². The number of nitrogens with zero attached hydrogens (tertiary/aromatic N) is 2. The predicted molar refractivity (Wildman–Crippen MR) is 75.3 cm³/mol. The quantitative estimate of drug-likeness (QED) is 0.740. The fourth-order valence-electron chi connectivity index (χ4n) is 3.29. The molecule has 2 aliphatic heterocycles. The maximum absolute atomic E-state index is 12.8. The molecule has 0 spiro atoms. The highest BCUT2D eigenvalue weighted by Gasteiger charge is 2.51. The molecular weight excluding hydrogens is 311 g/mol. The van der Waals surface area contributed by atoms with E-state index in [4.69, 9.17) is 0 Å². The first-order valence-electron chi connectivity index (χ1n) is 7.43. The second-order valence-corrected chi connectivity index (χ2v) is 6.11. The van der Waals surface area contributed by atoms with Gasteiger partial charge in [0, 0.05) is 37.8 Å². The number of halogens is 3. The molecule has 2 fully saturated rings. The van der Waals surface area contributed by atoms with Gasteiger partial charge in [0.2, 0.25) is 5.91 Å². The summed E-state index contributed by atoms with van der Waals surface area (Å²) < 4.78 is 38.3. The van der Waals surface area contributed by atoms with Gasteiger partial charge in [-0.25, -0.2) is 9.97 Å². The molecular formula is C14H18F3N5O. The third kappa shape index (κ3) is 3.02. The van der Waals surface area contributed by atoms with Crippen molar-refractivity contribution in [1.29, 1.82) is 0 Å². The van der Waals surface area contributed by atoms with E-state index >= 15 is 0 Å². The molecule has 2 aliphatic rings. The summed E-state index contributed by atoms with van der Waals surface area (Å²) in [6.07, 6.45) is -4.53. The van der Waals surface area contributed by atoms with Crippen molar-refractivity contribution in [3.8, 4) is 0 Å². The zero-order valence-corrected chi connectivity index (χ0v) is 12.6. The summed E-state index contributed by atoms with van der Waals surface area (Å²) in [6.45, 7) is 4.02. The summed E-state index contributed by atoms with van der Waals surface area (Å²) in [7, 11) is 0. The molecule has 1 aromatic rings. The second-order valence-electron chi connectivity index (χ2n) is 6.11. The van der Waals surface area contributed by atoms with Gasteiger partial charge < -0.3 is 16.0 Å². The van der Waals surface area contributed by atoms with Gasteiger partial charge in [-0.05, 0) is 13.0 Å². The van der Waals surface area contributed by atoms with E-state index in [1.807, 2.05) is 0 Å². The molecule has 23 heavy (non-hydrogen) atoms. The van der Waals surface area contributed by atoms with E-state index in [1.54, 1.807) is 0 Å². The van der Waals surface area contributed by atoms with Crippen LogP contribution in [0.4, 0.5) is 13.2 Å². The third-order valence-corrected chi connectivity index (χ3v) is 4.49. The minimum atomic E-state index is -4.53. The SMILES string of the molecule is Cc1cc(C(F)(F)F)nc(CNC(=O)C23CNCC2CNC3)n1. The first-order valence-corrected chi connectivity index (χ1v) is 7.43. The smallest absolute Gasteiger partial charge is 0.348 e. The van der Waals surface area contributed by atoms with E-state index in [-0.39, 0.29) is 29.9 Å². The molecule has 3 rings (SSSR count). The van der Waals surface area contributed by atoms with E-state index in [0.29, 0.717) is 13.1 Å². The summed E-state index contributed by atoms with van der Waals surface area (Å²) in [4.78, 5) is 20.0. The van der Waals surface area contributed by atoms with Gasteiger partial charge >= 0.3 is 6.18 Å². The topological polar surface area (TPSA) is 78.9 Å². The first kappa shape index (κ1) is 16.1. The Morgan fingerprint density at radius 2 is 2.00 bits per heavy atom. The molecule has 1 aromatic heterocycles. The van der Waals surface area contributed by atoms with Crippen molar-refractivity contribution in [2.45, 2.75) is 19.6 Å². The number of aromatic nitrogens is 2. The van der Waals surface area contributed by atoms with Crippen molar-refractivity contribution in [2.24, 2.45) is 11.3 Å². The van der Waals surface area contributed by atoms with Crippen molar-refractivity contribution in [3.05, 3.63) is 23.3 Å². The number of fused-ring (bicyclic) bond motifs is 1. The molecule has 0 unspecified atom stereocenters. The van der Waals surface area contributed by atoms with E-state index in [0.717, 1.165) is 19.2 Å². The molecule has 0 bridgehead atoms. The van der Waals surface area contributed by atoms with Gasteiger partial charge in [0.1, 0.15) is 11.5 Å². The standard InChI is InChI=1S/C14H18F3N5O/c1-8-2-10(14(15,16)17)22-11(21-8)5-20-12(23)13-6-18-3-9(13)4-19-7-13/h2,9,18-19H,3-7H2,1H3,(H,20,23). The van der Waals surface area contributed by atoms with Crippen LogP contribution in [0.3, 0.4) is 0 Å². The largest absolute Gasteiger partial charge is 0.433 e. The van der Waals surface area contributed by atoms with Gasteiger partial charge in [-0.15, -0.1) is 0 Å². The zero-order chi connectivity index (χ0) is 16.7. The van der Waals surface area contributed by atoms with Crippen LogP contribution >= 0.6 is 0 Å². The molecule has 0 radical (unpaired) electrons. The molecule has 0 atom stereocenters. The van der Waals surface area contributed by atoms with Gasteiger partial charge in [-0.3, -0.25) is 4.79 Å². The monoisotopic (exact) mass is 329 g/mol. The Labute approximate surface area is 131 Å². The van der Waals surface area contributed by atoms with E-state index in [2.05, 4.69) is 25.9 Å². The van der Waals surface area contributed by atoms with Crippen molar-refractivity contribution >= 4 is 5.91 Å². The normalized spacial score (nSPS) is 27.0. The van der Waals surface area contributed by atoms with Gasteiger partial charge in [-0.1, -0.05) is 0 Å². The van der Waals surface area contributed by atoms with Gasteiger partial charge in [0.15, 0.2) is 0 Å². The van der Waals surface area contributed by atoms with E-state index < -0.39 is 17.3 Å². The van der Waals surface area contributed by atoms with E-state index in [1.165, 1.54) is 6.92 Å². The van der Waals surface area contributed by atoms with Crippen LogP contribution in [-0.2, 0) is 17.5 Å². The molecule has 126 valence electrons. The second kappa shape index (κ2) is 5.72. The summed E-state index contributed by atoms with van der Waals surface area (Å²) >= 11 is 0. The van der Waals surface area contributed by atoms with Crippen molar-refractivity contribution < 1.29 is 18.0 Å². The van der Waals surface area contributed by atoms with Crippen molar-refractivity contribution in [2.75, 3.05) is 26.2 Å². The van der Waals surface area contributed by atoms with Crippen LogP contribution in [0.2, 0.25) is 0 Å². The lowest BCUT2D eigenvalue weighted by atomic mass is 9.80. The lowest BCUT2D eigenvalue weighted by molar-refractivity contribution is -0.141. The van der Waals surface area contributed by atoms with Crippen LogP contribution in [0.1, 0.15) is 17.2 Å². The maximum atomic E-state index is 12.8. The molecule has 3 N–H and O–H groups in total. The molecule has 1 amide bonds. The van der Waals surface area contributed by atoms with Gasteiger partial charge in [-0.2, -0.15) is 13.2 Å². The summed E-state index contributed by atoms with van der Waals surface area (Å²) in [6, 6.07) is 0.891. The minimum Gasteiger partial charge on any atom is -0.348 e. The van der Waals surface area contributed by atoms with Gasteiger partial charge in [0.05, 0.1) is 12.0 Å². The maximum Gasteiger partial charge on any atom is 0.433 e. The number of amides is 1. The zero-order valence-electron chi connectivity index (χ0n) is 12.6. The highest BCUT2D eigenvalue weighted by atomic mass is 19.4. The average Bonchev–Trinajstić information content (AvgIpc) is 3.03. The molecule has 6 nitrogen and oxygen atoms in total. The highest BCUT2D eigenvalue weighted by molar-refractivity contribution is 5.84. The first-order chi connectivity index (χ1) is 10.8. The van der Waals surface area contributed by atoms with E-state index in [9.17, 15) is 18.0 Å². The summed E-state index contributed by atoms with van der Waals surface area (Å²) in [5.74, 6) is -0.00151. The average molecular weight is 329 g/mol. The Bertz CT molecular complexity index is 609.